The zero-order valence-electron chi connectivity index (χ0n) is 11.2. The van der Waals surface area contributed by atoms with E-state index in [1.54, 1.807) is 0 Å². The molecule has 0 amide bonds. The molecule has 0 aromatic rings. The third-order valence-electron chi connectivity index (χ3n) is 4.59. The lowest BCUT2D eigenvalue weighted by Crippen LogP contribution is -2.52. The number of nitrogens with zero attached hydrogens (tertiary/aromatic N) is 1. The van der Waals surface area contributed by atoms with E-state index in [1.165, 1.54) is 45.1 Å². The Balaban J connectivity index is 1.76. The normalized spacial score (nSPS) is 31.3. The molecule has 94 valence electrons. The van der Waals surface area contributed by atoms with Crippen LogP contribution in [0, 0.1) is 5.92 Å². The second-order valence-corrected chi connectivity index (χ2v) is 6.07. The van der Waals surface area contributed by atoms with E-state index >= 15 is 0 Å². The van der Waals surface area contributed by atoms with E-state index < -0.39 is 0 Å². The smallest absolute Gasteiger partial charge is 0.0136 e. The van der Waals surface area contributed by atoms with Gasteiger partial charge in [-0.25, -0.2) is 0 Å². The van der Waals surface area contributed by atoms with Gasteiger partial charge < -0.3 is 10.2 Å². The molecule has 16 heavy (non-hydrogen) atoms. The Kier molecular flexibility index (Phi) is 4.26. The largest absolute Gasteiger partial charge is 0.314 e. The van der Waals surface area contributed by atoms with Crippen LogP contribution in [-0.2, 0) is 0 Å². The van der Waals surface area contributed by atoms with Crippen LogP contribution in [0.25, 0.3) is 0 Å². The summed E-state index contributed by atoms with van der Waals surface area (Å²) in [7, 11) is 2.36. The van der Waals surface area contributed by atoms with Gasteiger partial charge in [-0.05, 0) is 45.2 Å². The van der Waals surface area contributed by atoms with Crippen LogP contribution in [0.5, 0.6) is 0 Å². The summed E-state index contributed by atoms with van der Waals surface area (Å²) in [6, 6.07) is 2.40. The van der Waals surface area contributed by atoms with E-state index in [-0.39, 0.29) is 0 Å². The van der Waals surface area contributed by atoms with Crippen LogP contribution in [0.4, 0.5) is 0 Å². The van der Waals surface area contributed by atoms with E-state index in [2.05, 4.69) is 31.1 Å². The summed E-state index contributed by atoms with van der Waals surface area (Å²) in [6.07, 6.45) is 8.65. The highest BCUT2D eigenvalue weighted by molar-refractivity contribution is 4.92. The van der Waals surface area contributed by atoms with Crippen molar-refractivity contribution in [2.24, 2.45) is 5.92 Å². The van der Waals surface area contributed by atoms with Gasteiger partial charge >= 0.3 is 0 Å². The Morgan fingerprint density at radius 2 is 1.81 bits per heavy atom. The molecule has 0 radical (unpaired) electrons. The quantitative estimate of drug-likeness (QED) is 0.772. The molecular formula is C14H28N2. The van der Waals surface area contributed by atoms with Crippen molar-refractivity contribution in [1.82, 2.24) is 10.2 Å². The third-order valence-corrected chi connectivity index (χ3v) is 4.59. The van der Waals surface area contributed by atoms with Crippen molar-refractivity contribution in [3.05, 3.63) is 0 Å². The third kappa shape index (κ3) is 2.78. The maximum absolute atomic E-state index is 3.60. The predicted molar refractivity (Wildman–Crippen MR) is 69.7 cm³/mol. The first kappa shape index (κ1) is 12.4. The summed E-state index contributed by atoms with van der Waals surface area (Å²) in [5.41, 5.74) is 0. The first-order valence-electron chi connectivity index (χ1n) is 7.14. The van der Waals surface area contributed by atoms with Crippen LogP contribution in [0.2, 0.25) is 0 Å². The molecule has 2 aliphatic rings. The van der Waals surface area contributed by atoms with Gasteiger partial charge in [0.25, 0.3) is 0 Å². The van der Waals surface area contributed by atoms with E-state index in [9.17, 15) is 0 Å². The molecule has 2 fully saturated rings. The molecular weight excluding hydrogens is 196 g/mol. The molecule has 0 saturated heterocycles. The molecule has 2 unspecified atom stereocenters. The average Bonchev–Trinajstić information content (AvgIpc) is 2.68. The van der Waals surface area contributed by atoms with Gasteiger partial charge in [-0.1, -0.05) is 26.7 Å². The van der Waals surface area contributed by atoms with Crippen molar-refractivity contribution < 1.29 is 0 Å². The summed E-state index contributed by atoms with van der Waals surface area (Å²) >= 11 is 0. The molecule has 0 bridgehead atoms. The van der Waals surface area contributed by atoms with Crippen LogP contribution < -0.4 is 5.32 Å². The minimum Gasteiger partial charge on any atom is -0.314 e. The highest BCUT2D eigenvalue weighted by Crippen LogP contribution is 2.35. The number of hydrogen-bond acceptors (Lipinski definition) is 2. The fourth-order valence-electron chi connectivity index (χ4n) is 3.30. The zero-order valence-corrected chi connectivity index (χ0v) is 11.2. The maximum Gasteiger partial charge on any atom is 0.0136 e. The number of nitrogens with one attached hydrogen (secondary N) is 1. The molecule has 0 spiro atoms. The molecule has 0 heterocycles. The molecule has 0 aliphatic heterocycles. The molecule has 0 aromatic heterocycles. The fraction of sp³-hybridized carbons (Fsp3) is 1.00. The molecule has 2 nitrogen and oxygen atoms in total. The van der Waals surface area contributed by atoms with Gasteiger partial charge in [0.15, 0.2) is 0 Å². The molecule has 2 rings (SSSR count). The van der Waals surface area contributed by atoms with E-state index in [4.69, 9.17) is 0 Å². The van der Waals surface area contributed by atoms with Gasteiger partial charge in [0, 0.05) is 18.1 Å². The topological polar surface area (TPSA) is 15.3 Å². The lowest BCUT2D eigenvalue weighted by molar-refractivity contribution is 0.0506. The van der Waals surface area contributed by atoms with Crippen LogP contribution in [-0.4, -0.2) is 36.6 Å². The van der Waals surface area contributed by atoms with Gasteiger partial charge in [0.05, 0.1) is 0 Å². The summed E-state index contributed by atoms with van der Waals surface area (Å²) in [4.78, 5) is 2.70. The van der Waals surface area contributed by atoms with Crippen molar-refractivity contribution in [3.8, 4) is 0 Å². The van der Waals surface area contributed by atoms with E-state index in [0.717, 1.165) is 18.0 Å². The Morgan fingerprint density at radius 1 is 1.12 bits per heavy atom. The minimum atomic E-state index is 0.637. The van der Waals surface area contributed by atoms with Crippen LogP contribution in [0.1, 0.15) is 52.4 Å². The maximum atomic E-state index is 3.60. The SMILES string of the molecule is CC(C)NCC1CCC1N(C)C1CCCC1. The van der Waals surface area contributed by atoms with Gasteiger partial charge in [0.2, 0.25) is 0 Å². The molecule has 1 N–H and O–H groups in total. The molecule has 2 heteroatoms. The van der Waals surface area contributed by atoms with Crippen LogP contribution >= 0.6 is 0 Å². The summed E-state index contributed by atoms with van der Waals surface area (Å²) in [5.74, 6) is 0.910. The lowest BCUT2D eigenvalue weighted by Gasteiger charge is -2.45. The van der Waals surface area contributed by atoms with Gasteiger partial charge in [-0.15, -0.1) is 0 Å². The predicted octanol–water partition coefficient (Wildman–Crippen LogP) is 2.64. The van der Waals surface area contributed by atoms with Gasteiger partial charge in [0.1, 0.15) is 0 Å². The van der Waals surface area contributed by atoms with Crippen molar-refractivity contribution in [2.45, 2.75) is 70.5 Å². The molecule has 2 atom stereocenters. The summed E-state index contributed by atoms with van der Waals surface area (Å²) in [5, 5.41) is 3.60. The first-order valence-corrected chi connectivity index (χ1v) is 7.14. The Labute approximate surface area is 101 Å². The monoisotopic (exact) mass is 224 g/mol. The minimum absolute atomic E-state index is 0.637. The van der Waals surface area contributed by atoms with Crippen LogP contribution in [0.3, 0.4) is 0 Å². The van der Waals surface area contributed by atoms with E-state index in [1.807, 2.05) is 0 Å². The van der Waals surface area contributed by atoms with Crippen molar-refractivity contribution >= 4 is 0 Å². The van der Waals surface area contributed by atoms with Crippen LogP contribution in [0.15, 0.2) is 0 Å². The van der Waals surface area contributed by atoms with Crippen molar-refractivity contribution in [3.63, 3.8) is 0 Å². The second-order valence-electron chi connectivity index (χ2n) is 6.07. The number of rotatable bonds is 5. The Morgan fingerprint density at radius 3 is 2.31 bits per heavy atom. The second kappa shape index (κ2) is 5.50. The lowest BCUT2D eigenvalue weighted by atomic mass is 9.78. The van der Waals surface area contributed by atoms with Gasteiger partial charge in [-0.2, -0.15) is 0 Å². The highest BCUT2D eigenvalue weighted by atomic mass is 15.2. The molecule has 2 aliphatic carbocycles. The average molecular weight is 224 g/mol. The summed E-state index contributed by atoms with van der Waals surface area (Å²) < 4.78 is 0. The number of hydrogen-bond donors (Lipinski definition) is 1. The first-order chi connectivity index (χ1) is 7.68. The zero-order chi connectivity index (χ0) is 11.5. The summed E-state index contributed by atoms with van der Waals surface area (Å²) in [6.45, 7) is 5.71. The molecule has 2 saturated carbocycles. The van der Waals surface area contributed by atoms with Crippen molar-refractivity contribution in [2.75, 3.05) is 13.6 Å². The Bertz CT molecular complexity index is 209. The fourth-order valence-corrected chi connectivity index (χ4v) is 3.30. The van der Waals surface area contributed by atoms with E-state index in [0.29, 0.717) is 6.04 Å². The highest BCUT2D eigenvalue weighted by Gasteiger charge is 2.36. The standard InChI is InChI=1S/C14H28N2/c1-11(2)15-10-12-8-9-14(12)16(3)13-6-4-5-7-13/h11-15H,4-10H2,1-3H3. The Hall–Kier alpha value is -0.0800. The molecule has 0 aromatic carbocycles. The van der Waals surface area contributed by atoms with Gasteiger partial charge in [-0.3, -0.25) is 0 Å². The van der Waals surface area contributed by atoms with Crippen molar-refractivity contribution in [1.29, 1.82) is 0 Å².